The average molecular weight is 203 g/mol. The van der Waals surface area contributed by atoms with Crippen molar-refractivity contribution in [3.63, 3.8) is 0 Å². The molecule has 0 saturated heterocycles. The van der Waals surface area contributed by atoms with Crippen LogP contribution in [0.2, 0.25) is 0 Å². The lowest BCUT2D eigenvalue weighted by Crippen LogP contribution is -2.27. The second-order valence-corrected chi connectivity index (χ2v) is 2.97. The molecule has 1 aliphatic heterocycles. The molecule has 0 spiro atoms. The van der Waals surface area contributed by atoms with E-state index in [-0.39, 0.29) is 23.1 Å². The van der Waals surface area contributed by atoms with Gasteiger partial charge in [0, 0.05) is 5.56 Å². The van der Waals surface area contributed by atoms with Crippen LogP contribution in [-0.2, 0) is 4.79 Å². The summed E-state index contributed by atoms with van der Waals surface area (Å²) in [6.07, 6.45) is 0.636. The van der Waals surface area contributed by atoms with Gasteiger partial charge in [0.2, 0.25) is 6.41 Å². The maximum Gasteiger partial charge on any atom is 0.268 e. The number of aldehydes is 1. The molecule has 1 aromatic carbocycles. The minimum atomic E-state index is -0.743. The predicted molar refractivity (Wildman–Crippen MR) is 48.4 cm³/mol. The van der Waals surface area contributed by atoms with Gasteiger partial charge in [-0.05, 0) is 6.07 Å². The number of carbonyl (C=O) groups is 4. The monoisotopic (exact) mass is 203 g/mol. The van der Waals surface area contributed by atoms with E-state index in [2.05, 4.69) is 0 Å². The van der Waals surface area contributed by atoms with Crippen molar-refractivity contribution in [2.45, 2.75) is 0 Å². The molecule has 0 N–H and O–H groups in total. The van der Waals surface area contributed by atoms with E-state index in [0.29, 0.717) is 11.2 Å². The van der Waals surface area contributed by atoms with Gasteiger partial charge >= 0.3 is 0 Å². The van der Waals surface area contributed by atoms with Gasteiger partial charge < -0.3 is 0 Å². The van der Waals surface area contributed by atoms with Crippen LogP contribution in [0.3, 0.4) is 0 Å². The van der Waals surface area contributed by atoms with Crippen molar-refractivity contribution in [2.75, 3.05) is 0 Å². The Balaban J connectivity index is 2.72. The molecule has 0 aliphatic carbocycles. The van der Waals surface area contributed by atoms with E-state index in [4.69, 9.17) is 0 Å². The summed E-state index contributed by atoms with van der Waals surface area (Å²) in [5.74, 6) is -1.43. The lowest BCUT2D eigenvalue weighted by molar-refractivity contribution is -0.114. The number of benzene rings is 1. The van der Waals surface area contributed by atoms with Crippen LogP contribution in [0.5, 0.6) is 0 Å². The van der Waals surface area contributed by atoms with E-state index >= 15 is 0 Å². The zero-order valence-corrected chi connectivity index (χ0v) is 7.47. The fraction of sp³-hybridized carbons (Fsp3) is 0. The molecule has 0 saturated carbocycles. The molecule has 0 fully saturated rings. The molecule has 0 bridgehead atoms. The van der Waals surface area contributed by atoms with Gasteiger partial charge in [-0.1, -0.05) is 12.1 Å². The highest BCUT2D eigenvalue weighted by molar-refractivity contribution is 6.28. The summed E-state index contributed by atoms with van der Waals surface area (Å²) >= 11 is 0. The second kappa shape index (κ2) is 3.13. The van der Waals surface area contributed by atoms with E-state index < -0.39 is 11.8 Å². The third-order valence-electron chi connectivity index (χ3n) is 2.21. The smallest absolute Gasteiger partial charge is 0.268 e. The molecule has 1 aromatic rings. The largest absolute Gasteiger partial charge is 0.298 e. The van der Waals surface area contributed by atoms with Crippen LogP contribution in [-0.4, -0.2) is 29.4 Å². The summed E-state index contributed by atoms with van der Waals surface area (Å²) in [5.41, 5.74) is 0.219. The Morgan fingerprint density at radius 3 is 2.40 bits per heavy atom. The molecular weight excluding hydrogens is 198 g/mol. The van der Waals surface area contributed by atoms with Gasteiger partial charge in [-0.3, -0.25) is 19.2 Å². The zero-order chi connectivity index (χ0) is 11.0. The zero-order valence-electron chi connectivity index (χ0n) is 7.47. The Labute approximate surface area is 84.3 Å². The molecule has 5 nitrogen and oxygen atoms in total. The number of amides is 3. The second-order valence-electron chi connectivity index (χ2n) is 2.97. The van der Waals surface area contributed by atoms with Crippen LogP contribution >= 0.6 is 0 Å². The van der Waals surface area contributed by atoms with Crippen molar-refractivity contribution >= 4 is 24.5 Å². The van der Waals surface area contributed by atoms with Crippen LogP contribution in [0.4, 0.5) is 0 Å². The van der Waals surface area contributed by atoms with E-state index in [1.54, 1.807) is 0 Å². The van der Waals surface area contributed by atoms with Crippen LogP contribution in [0.1, 0.15) is 31.1 Å². The lowest BCUT2D eigenvalue weighted by Gasteiger charge is -2.01. The van der Waals surface area contributed by atoms with Crippen LogP contribution in [0.25, 0.3) is 0 Å². The Morgan fingerprint density at radius 1 is 1.07 bits per heavy atom. The van der Waals surface area contributed by atoms with Crippen molar-refractivity contribution in [2.24, 2.45) is 0 Å². The van der Waals surface area contributed by atoms with Gasteiger partial charge in [0.05, 0.1) is 11.1 Å². The van der Waals surface area contributed by atoms with E-state index in [9.17, 15) is 19.2 Å². The molecule has 0 unspecified atom stereocenters. The quantitative estimate of drug-likeness (QED) is 0.510. The molecule has 1 aliphatic rings. The predicted octanol–water partition coefficient (Wildman–Crippen LogP) is 0.252. The van der Waals surface area contributed by atoms with Crippen molar-refractivity contribution in [3.05, 3.63) is 34.9 Å². The van der Waals surface area contributed by atoms with Crippen LogP contribution < -0.4 is 0 Å². The molecule has 2 rings (SSSR count). The fourth-order valence-corrected chi connectivity index (χ4v) is 1.52. The van der Waals surface area contributed by atoms with Gasteiger partial charge in [-0.15, -0.1) is 0 Å². The van der Waals surface area contributed by atoms with Crippen molar-refractivity contribution < 1.29 is 19.2 Å². The van der Waals surface area contributed by atoms with Gasteiger partial charge in [0.15, 0.2) is 6.29 Å². The normalized spacial score (nSPS) is 14.0. The fourth-order valence-electron chi connectivity index (χ4n) is 1.52. The maximum atomic E-state index is 11.5. The number of carbonyl (C=O) groups excluding carboxylic acids is 4. The van der Waals surface area contributed by atoms with Gasteiger partial charge in [-0.25, -0.2) is 4.90 Å². The molecule has 0 radical (unpaired) electrons. The first-order valence-corrected chi connectivity index (χ1v) is 4.12. The third-order valence-corrected chi connectivity index (χ3v) is 2.21. The standard InChI is InChI=1S/C10H5NO4/c12-4-6-2-1-3-7-8(6)10(15)11(5-13)9(7)14/h1-5H. The Morgan fingerprint density at radius 2 is 1.80 bits per heavy atom. The lowest BCUT2D eigenvalue weighted by atomic mass is 10.0. The summed E-state index contributed by atoms with van der Waals surface area (Å²) < 4.78 is 0. The molecule has 0 atom stereocenters. The third kappa shape index (κ3) is 1.10. The highest BCUT2D eigenvalue weighted by atomic mass is 16.2. The van der Waals surface area contributed by atoms with E-state index in [0.717, 1.165) is 0 Å². The summed E-state index contributed by atoms with van der Waals surface area (Å²) in [7, 11) is 0. The highest BCUT2D eigenvalue weighted by Crippen LogP contribution is 2.23. The van der Waals surface area contributed by atoms with Crippen molar-refractivity contribution in [1.29, 1.82) is 0 Å². The topological polar surface area (TPSA) is 71.5 Å². The molecular formula is C10H5NO4. The van der Waals surface area contributed by atoms with E-state index in [1.807, 2.05) is 0 Å². The highest BCUT2D eigenvalue weighted by Gasteiger charge is 2.36. The van der Waals surface area contributed by atoms with Crippen molar-refractivity contribution in [3.8, 4) is 0 Å². The van der Waals surface area contributed by atoms with Gasteiger partial charge in [0.25, 0.3) is 11.8 Å². The Kier molecular flexibility index (Phi) is 1.93. The maximum absolute atomic E-state index is 11.5. The molecule has 15 heavy (non-hydrogen) atoms. The minimum absolute atomic E-state index is 0.00426. The SMILES string of the molecule is O=Cc1cccc2c1C(=O)N(C=O)C2=O. The Bertz CT molecular complexity index is 492. The van der Waals surface area contributed by atoms with E-state index in [1.165, 1.54) is 18.2 Å². The summed E-state index contributed by atoms with van der Waals surface area (Å²) in [6.45, 7) is 0. The van der Waals surface area contributed by atoms with Crippen molar-refractivity contribution in [1.82, 2.24) is 4.90 Å². The first kappa shape index (κ1) is 9.26. The summed E-state index contributed by atoms with van der Waals surface area (Å²) in [5, 5.41) is 0. The number of hydrogen-bond donors (Lipinski definition) is 0. The molecule has 1 heterocycles. The number of rotatable bonds is 2. The average Bonchev–Trinajstić information content (AvgIpc) is 2.51. The molecule has 3 amide bonds. The minimum Gasteiger partial charge on any atom is -0.298 e. The van der Waals surface area contributed by atoms with Crippen LogP contribution in [0, 0.1) is 0 Å². The molecule has 0 aromatic heterocycles. The first-order chi connectivity index (χ1) is 7.20. The number of nitrogens with zero attached hydrogens (tertiary/aromatic N) is 1. The molecule has 74 valence electrons. The van der Waals surface area contributed by atoms with Gasteiger partial charge in [0.1, 0.15) is 0 Å². The van der Waals surface area contributed by atoms with Gasteiger partial charge in [-0.2, -0.15) is 0 Å². The summed E-state index contributed by atoms with van der Waals surface area (Å²) in [4.78, 5) is 44.6. The van der Waals surface area contributed by atoms with Crippen LogP contribution in [0.15, 0.2) is 18.2 Å². The summed E-state index contributed by atoms with van der Waals surface area (Å²) in [6, 6.07) is 4.32. The Hall–Kier alpha value is -2.30. The first-order valence-electron chi connectivity index (χ1n) is 4.12. The molecule has 5 heteroatoms. The number of imide groups is 3. The number of hydrogen-bond acceptors (Lipinski definition) is 4. The number of fused-ring (bicyclic) bond motifs is 1.